The summed E-state index contributed by atoms with van der Waals surface area (Å²) in [6.45, 7) is 9.78. The zero-order valence-corrected chi connectivity index (χ0v) is 11.5. The van der Waals surface area contributed by atoms with Crippen molar-refractivity contribution in [3.63, 3.8) is 0 Å². The molecule has 0 aliphatic carbocycles. The normalized spacial score (nSPS) is 21.1. The molecule has 0 aromatic carbocycles. The number of aromatic nitrogens is 1. The van der Waals surface area contributed by atoms with Crippen molar-refractivity contribution in [3.05, 3.63) is 23.5 Å². The number of aryl methyl sites for hydroxylation is 1. The molecule has 1 aromatic rings. The SMILES string of the molecule is Cc1cncc(B2OC(C)(C)C(C)(C)O2)c1C=O. The van der Waals surface area contributed by atoms with Crippen LogP contribution in [0.4, 0.5) is 0 Å². The Balaban J connectivity index is 2.41. The van der Waals surface area contributed by atoms with Crippen molar-refractivity contribution in [2.75, 3.05) is 0 Å². The molecule has 0 radical (unpaired) electrons. The third-order valence-electron chi connectivity index (χ3n) is 3.84. The van der Waals surface area contributed by atoms with Gasteiger partial charge >= 0.3 is 7.12 Å². The second-order valence-electron chi connectivity index (χ2n) is 5.67. The summed E-state index contributed by atoms with van der Waals surface area (Å²) in [5.74, 6) is 0. The van der Waals surface area contributed by atoms with E-state index in [0.29, 0.717) is 11.0 Å². The van der Waals surface area contributed by atoms with Gasteiger partial charge in [-0.3, -0.25) is 9.78 Å². The van der Waals surface area contributed by atoms with E-state index in [1.54, 1.807) is 12.4 Å². The van der Waals surface area contributed by atoms with Crippen molar-refractivity contribution in [2.45, 2.75) is 45.8 Å². The lowest BCUT2D eigenvalue weighted by Gasteiger charge is -2.32. The van der Waals surface area contributed by atoms with Crippen LogP contribution in [0.3, 0.4) is 0 Å². The van der Waals surface area contributed by atoms with E-state index in [4.69, 9.17) is 9.31 Å². The molecule has 18 heavy (non-hydrogen) atoms. The van der Waals surface area contributed by atoms with Crippen LogP contribution in [-0.2, 0) is 9.31 Å². The summed E-state index contributed by atoms with van der Waals surface area (Å²) in [5, 5.41) is 0. The minimum atomic E-state index is -0.539. The molecule has 0 spiro atoms. The highest BCUT2D eigenvalue weighted by atomic mass is 16.7. The van der Waals surface area contributed by atoms with Crippen molar-refractivity contribution in [3.8, 4) is 0 Å². The van der Waals surface area contributed by atoms with Gasteiger partial charge in [-0.25, -0.2) is 0 Å². The van der Waals surface area contributed by atoms with Gasteiger partial charge in [0, 0.05) is 23.4 Å². The number of hydrogen-bond acceptors (Lipinski definition) is 4. The molecule has 2 heterocycles. The van der Waals surface area contributed by atoms with E-state index >= 15 is 0 Å². The molecule has 0 saturated carbocycles. The monoisotopic (exact) mass is 247 g/mol. The predicted molar refractivity (Wildman–Crippen MR) is 70.1 cm³/mol. The Morgan fingerprint density at radius 1 is 1.17 bits per heavy atom. The maximum Gasteiger partial charge on any atom is 0.497 e. The molecular weight excluding hydrogens is 229 g/mol. The molecule has 1 aliphatic rings. The fourth-order valence-electron chi connectivity index (χ4n) is 1.91. The van der Waals surface area contributed by atoms with Crippen molar-refractivity contribution in [1.82, 2.24) is 4.98 Å². The minimum Gasteiger partial charge on any atom is -0.399 e. The maximum atomic E-state index is 11.2. The summed E-state index contributed by atoms with van der Waals surface area (Å²) in [4.78, 5) is 15.3. The summed E-state index contributed by atoms with van der Waals surface area (Å²) in [6, 6.07) is 0. The summed E-state index contributed by atoms with van der Waals surface area (Å²) in [6.07, 6.45) is 4.13. The van der Waals surface area contributed by atoms with E-state index < -0.39 is 18.3 Å². The second-order valence-corrected chi connectivity index (χ2v) is 5.67. The highest BCUT2D eigenvalue weighted by Gasteiger charge is 2.52. The van der Waals surface area contributed by atoms with Crippen LogP contribution < -0.4 is 5.46 Å². The summed E-state index contributed by atoms with van der Waals surface area (Å²) < 4.78 is 11.9. The molecule has 1 saturated heterocycles. The highest BCUT2D eigenvalue weighted by Crippen LogP contribution is 2.36. The molecule has 0 N–H and O–H groups in total. The predicted octanol–water partition coefficient (Wildman–Crippen LogP) is 1.50. The number of aldehydes is 1. The van der Waals surface area contributed by atoms with Gasteiger partial charge in [0.15, 0.2) is 0 Å². The Bertz CT molecular complexity index is 469. The van der Waals surface area contributed by atoms with Crippen molar-refractivity contribution < 1.29 is 14.1 Å². The molecule has 2 rings (SSSR count). The molecule has 4 nitrogen and oxygen atoms in total. The Morgan fingerprint density at radius 2 is 1.72 bits per heavy atom. The van der Waals surface area contributed by atoms with Gasteiger partial charge in [0.2, 0.25) is 0 Å². The lowest BCUT2D eigenvalue weighted by molar-refractivity contribution is 0.00578. The lowest BCUT2D eigenvalue weighted by atomic mass is 9.76. The molecule has 0 unspecified atom stereocenters. The van der Waals surface area contributed by atoms with Gasteiger partial charge in [0.05, 0.1) is 11.2 Å². The summed E-state index contributed by atoms with van der Waals surface area (Å²) >= 11 is 0. The number of nitrogens with zero attached hydrogens (tertiary/aromatic N) is 1. The molecule has 1 aromatic heterocycles. The van der Waals surface area contributed by atoms with Gasteiger partial charge in [-0.2, -0.15) is 0 Å². The Hall–Kier alpha value is -1.20. The summed E-state index contributed by atoms with van der Waals surface area (Å²) in [5.41, 5.74) is 1.30. The lowest BCUT2D eigenvalue weighted by Crippen LogP contribution is -2.41. The number of rotatable bonds is 2. The molecule has 0 amide bonds. The van der Waals surface area contributed by atoms with Gasteiger partial charge in [0.25, 0.3) is 0 Å². The van der Waals surface area contributed by atoms with Crippen LogP contribution in [-0.4, -0.2) is 29.6 Å². The smallest absolute Gasteiger partial charge is 0.399 e. The van der Waals surface area contributed by atoms with Gasteiger partial charge in [-0.05, 0) is 40.2 Å². The molecule has 1 aliphatic heterocycles. The Labute approximate surface area is 108 Å². The third kappa shape index (κ3) is 1.97. The van der Waals surface area contributed by atoms with Gasteiger partial charge < -0.3 is 9.31 Å². The van der Waals surface area contributed by atoms with Gasteiger partial charge in [-0.15, -0.1) is 0 Å². The first-order valence-corrected chi connectivity index (χ1v) is 6.04. The van der Waals surface area contributed by atoms with Crippen LogP contribution in [0.25, 0.3) is 0 Å². The van der Waals surface area contributed by atoms with Crippen LogP contribution in [0.15, 0.2) is 12.4 Å². The standard InChI is InChI=1S/C13H18BNO3/c1-9-6-15-7-11(10(9)8-16)14-17-12(2,3)13(4,5)18-14/h6-8H,1-5H3. The second kappa shape index (κ2) is 4.18. The van der Waals surface area contributed by atoms with Crippen LogP contribution in [0.5, 0.6) is 0 Å². The number of pyridine rings is 1. The average Bonchev–Trinajstić information content (AvgIpc) is 2.47. The fraction of sp³-hybridized carbons (Fsp3) is 0.538. The third-order valence-corrected chi connectivity index (χ3v) is 3.84. The van der Waals surface area contributed by atoms with Crippen molar-refractivity contribution in [1.29, 1.82) is 0 Å². The molecule has 5 heteroatoms. The van der Waals surface area contributed by atoms with Gasteiger partial charge in [-0.1, -0.05) is 0 Å². The summed E-state index contributed by atoms with van der Waals surface area (Å²) in [7, 11) is -0.539. The largest absolute Gasteiger partial charge is 0.497 e. The van der Waals surface area contributed by atoms with E-state index in [-0.39, 0.29) is 0 Å². The van der Waals surface area contributed by atoms with E-state index in [1.807, 2.05) is 34.6 Å². The topological polar surface area (TPSA) is 48.4 Å². The molecule has 96 valence electrons. The van der Waals surface area contributed by atoms with Crippen molar-refractivity contribution >= 4 is 18.9 Å². The maximum absolute atomic E-state index is 11.2. The average molecular weight is 247 g/mol. The van der Waals surface area contributed by atoms with E-state index in [0.717, 1.165) is 11.8 Å². The van der Waals surface area contributed by atoms with Crippen molar-refractivity contribution in [2.24, 2.45) is 0 Å². The zero-order chi connectivity index (χ0) is 13.6. The van der Waals surface area contributed by atoms with Crippen LogP contribution in [0.2, 0.25) is 0 Å². The van der Waals surface area contributed by atoms with Crippen LogP contribution in [0, 0.1) is 6.92 Å². The first-order chi connectivity index (χ1) is 8.28. The van der Waals surface area contributed by atoms with Crippen LogP contribution in [0.1, 0.15) is 43.6 Å². The molecular formula is C13H18BNO3. The highest BCUT2D eigenvalue weighted by molar-refractivity contribution is 6.63. The Morgan fingerprint density at radius 3 is 2.22 bits per heavy atom. The quantitative estimate of drug-likeness (QED) is 0.587. The minimum absolute atomic E-state index is 0.415. The fourth-order valence-corrected chi connectivity index (χ4v) is 1.91. The van der Waals surface area contributed by atoms with E-state index in [2.05, 4.69) is 4.98 Å². The van der Waals surface area contributed by atoms with Gasteiger partial charge in [0.1, 0.15) is 6.29 Å². The first-order valence-electron chi connectivity index (χ1n) is 6.04. The van der Waals surface area contributed by atoms with Crippen LogP contribution >= 0.6 is 0 Å². The van der Waals surface area contributed by atoms with E-state index in [9.17, 15) is 4.79 Å². The molecule has 0 atom stereocenters. The first kappa shape index (κ1) is 13.2. The molecule has 1 fully saturated rings. The molecule has 0 bridgehead atoms. The number of hydrogen-bond donors (Lipinski definition) is 0. The van der Waals surface area contributed by atoms with E-state index in [1.165, 1.54) is 0 Å². The zero-order valence-electron chi connectivity index (χ0n) is 11.5. The number of carbonyl (C=O) groups excluding carboxylic acids is 1. The number of carbonyl (C=O) groups is 1. The Kier molecular flexibility index (Phi) is 3.07.